The Bertz CT molecular complexity index is 714. The monoisotopic (exact) mass is 316 g/mol. The lowest BCUT2D eigenvalue weighted by molar-refractivity contribution is -0.136. The highest BCUT2D eigenvalue weighted by Gasteiger charge is 2.15. The van der Waals surface area contributed by atoms with Gasteiger partial charge in [0.1, 0.15) is 0 Å². The molecule has 0 fully saturated rings. The Labute approximate surface area is 134 Å². The minimum absolute atomic E-state index is 0.313. The zero-order valence-electron chi connectivity index (χ0n) is 12.4. The standard InChI is InChI=1S/C17H17ClN2O2/c1-11-6-3-4-7-13(11)10-19-16(21)17(22)20-15-9-5-8-14(18)12(15)2/h3-9H,10H2,1-2H3,(H,19,21)(H,20,22). The summed E-state index contributed by atoms with van der Waals surface area (Å²) in [7, 11) is 0. The Morgan fingerprint density at radius 3 is 2.45 bits per heavy atom. The molecule has 22 heavy (non-hydrogen) atoms. The van der Waals surface area contributed by atoms with E-state index in [0.717, 1.165) is 16.7 Å². The number of amides is 2. The summed E-state index contributed by atoms with van der Waals surface area (Å²) in [6.45, 7) is 4.05. The topological polar surface area (TPSA) is 58.2 Å². The highest BCUT2D eigenvalue weighted by Crippen LogP contribution is 2.22. The summed E-state index contributed by atoms with van der Waals surface area (Å²) < 4.78 is 0. The Kier molecular flexibility index (Phi) is 5.17. The summed E-state index contributed by atoms with van der Waals surface area (Å²) in [5, 5.41) is 5.72. The van der Waals surface area contributed by atoms with Crippen molar-refractivity contribution in [3.05, 3.63) is 64.2 Å². The first-order valence-electron chi connectivity index (χ1n) is 6.88. The molecule has 2 N–H and O–H groups in total. The second kappa shape index (κ2) is 7.09. The molecule has 5 heteroatoms. The van der Waals surface area contributed by atoms with Gasteiger partial charge in [-0.1, -0.05) is 41.9 Å². The molecule has 2 aromatic rings. The van der Waals surface area contributed by atoms with Gasteiger partial charge >= 0.3 is 11.8 Å². The van der Waals surface area contributed by atoms with E-state index in [1.807, 2.05) is 31.2 Å². The van der Waals surface area contributed by atoms with Gasteiger partial charge in [0.25, 0.3) is 0 Å². The van der Waals surface area contributed by atoms with E-state index in [2.05, 4.69) is 10.6 Å². The van der Waals surface area contributed by atoms with Gasteiger partial charge in [0.15, 0.2) is 0 Å². The van der Waals surface area contributed by atoms with Crippen LogP contribution in [0.5, 0.6) is 0 Å². The number of carbonyl (C=O) groups is 2. The van der Waals surface area contributed by atoms with Gasteiger partial charge in [-0.2, -0.15) is 0 Å². The molecule has 0 spiro atoms. The molecule has 0 saturated carbocycles. The molecule has 2 amide bonds. The maximum Gasteiger partial charge on any atom is 0.313 e. The zero-order valence-corrected chi connectivity index (χ0v) is 13.2. The molecule has 0 saturated heterocycles. The average Bonchev–Trinajstić information content (AvgIpc) is 2.50. The van der Waals surface area contributed by atoms with Gasteiger partial charge in [-0.15, -0.1) is 0 Å². The summed E-state index contributed by atoms with van der Waals surface area (Å²) in [6, 6.07) is 12.8. The summed E-state index contributed by atoms with van der Waals surface area (Å²) >= 11 is 5.98. The van der Waals surface area contributed by atoms with Crippen LogP contribution in [0.25, 0.3) is 0 Å². The van der Waals surface area contributed by atoms with Gasteiger partial charge in [-0.25, -0.2) is 0 Å². The van der Waals surface area contributed by atoms with Crippen molar-refractivity contribution < 1.29 is 9.59 Å². The molecule has 0 radical (unpaired) electrons. The Morgan fingerprint density at radius 1 is 1.00 bits per heavy atom. The van der Waals surface area contributed by atoms with Crippen molar-refractivity contribution in [2.75, 3.05) is 5.32 Å². The van der Waals surface area contributed by atoms with Gasteiger partial charge in [-0.05, 0) is 42.7 Å². The summed E-state index contributed by atoms with van der Waals surface area (Å²) in [5.41, 5.74) is 3.30. The predicted molar refractivity (Wildman–Crippen MR) is 87.8 cm³/mol. The van der Waals surface area contributed by atoms with E-state index in [9.17, 15) is 9.59 Å². The highest BCUT2D eigenvalue weighted by molar-refractivity contribution is 6.40. The smallest absolute Gasteiger partial charge is 0.313 e. The highest BCUT2D eigenvalue weighted by atomic mass is 35.5. The summed E-state index contributed by atoms with van der Waals surface area (Å²) in [5.74, 6) is -1.39. The Balaban J connectivity index is 1.97. The first-order chi connectivity index (χ1) is 10.5. The Morgan fingerprint density at radius 2 is 1.73 bits per heavy atom. The molecular formula is C17H17ClN2O2. The van der Waals surface area contributed by atoms with Crippen LogP contribution >= 0.6 is 11.6 Å². The maximum atomic E-state index is 11.9. The van der Waals surface area contributed by atoms with Crippen LogP contribution in [0, 0.1) is 13.8 Å². The van der Waals surface area contributed by atoms with E-state index in [4.69, 9.17) is 11.6 Å². The molecule has 0 unspecified atom stereocenters. The second-order valence-corrected chi connectivity index (χ2v) is 5.38. The lowest BCUT2D eigenvalue weighted by Gasteiger charge is -2.10. The van der Waals surface area contributed by atoms with Crippen LogP contribution in [0.2, 0.25) is 5.02 Å². The molecule has 114 valence electrons. The largest absolute Gasteiger partial charge is 0.344 e. The first kappa shape index (κ1) is 16.0. The lowest BCUT2D eigenvalue weighted by atomic mass is 10.1. The molecular weight excluding hydrogens is 300 g/mol. The number of halogens is 1. The molecule has 0 aliphatic rings. The average molecular weight is 317 g/mol. The van der Waals surface area contributed by atoms with Crippen LogP contribution in [0.1, 0.15) is 16.7 Å². The normalized spacial score (nSPS) is 10.1. The molecule has 0 aromatic heterocycles. The number of aryl methyl sites for hydroxylation is 1. The molecule has 0 aliphatic heterocycles. The van der Waals surface area contributed by atoms with Crippen LogP contribution in [0.3, 0.4) is 0 Å². The van der Waals surface area contributed by atoms with Crippen LogP contribution in [0.4, 0.5) is 5.69 Å². The third-order valence-corrected chi connectivity index (χ3v) is 3.83. The zero-order chi connectivity index (χ0) is 16.1. The number of anilines is 1. The number of rotatable bonds is 3. The van der Waals surface area contributed by atoms with Gasteiger partial charge < -0.3 is 10.6 Å². The van der Waals surface area contributed by atoms with Crippen molar-refractivity contribution in [3.63, 3.8) is 0 Å². The van der Waals surface area contributed by atoms with Crippen LogP contribution < -0.4 is 10.6 Å². The van der Waals surface area contributed by atoms with E-state index in [0.29, 0.717) is 17.3 Å². The second-order valence-electron chi connectivity index (χ2n) is 4.98. The molecule has 0 aliphatic carbocycles. The van der Waals surface area contributed by atoms with E-state index in [1.54, 1.807) is 25.1 Å². The van der Waals surface area contributed by atoms with Gasteiger partial charge in [0, 0.05) is 17.3 Å². The first-order valence-corrected chi connectivity index (χ1v) is 7.25. The third kappa shape index (κ3) is 3.86. The maximum absolute atomic E-state index is 11.9. The van der Waals surface area contributed by atoms with Crippen LogP contribution in [-0.2, 0) is 16.1 Å². The van der Waals surface area contributed by atoms with Gasteiger partial charge in [-0.3, -0.25) is 9.59 Å². The fraction of sp³-hybridized carbons (Fsp3) is 0.176. The summed E-state index contributed by atoms with van der Waals surface area (Å²) in [6.07, 6.45) is 0. The van der Waals surface area contributed by atoms with E-state index in [1.165, 1.54) is 0 Å². The van der Waals surface area contributed by atoms with Crippen molar-refractivity contribution in [1.82, 2.24) is 5.32 Å². The van der Waals surface area contributed by atoms with E-state index >= 15 is 0 Å². The summed E-state index contributed by atoms with van der Waals surface area (Å²) in [4.78, 5) is 23.8. The van der Waals surface area contributed by atoms with Crippen molar-refractivity contribution in [2.24, 2.45) is 0 Å². The number of carbonyl (C=O) groups excluding carboxylic acids is 2. The molecule has 0 atom stereocenters. The van der Waals surface area contributed by atoms with E-state index in [-0.39, 0.29) is 0 Å². The molecule has 4 nitrogen and oxygen atoms in total. The number of hydrogen-bond donors (Lipinski definition) is 2. The molecule has 0 bridgehead atoms. The van der Waals surface area contributed by atoms with Crippen molar-refractivity contribution in [3.8, 4) is 0 Å². The quantitative estimate of drug-likeness (QED) is 0.854. The van der Waals surface area contributed by atoms with Gasteiger partial charge in [0.2, 0.25) is 0 Å². The fourth-order valence-corrected chi connectivity index (χ4v) is 2.16. The lowest BCUT2D eigenvalue weighted by Crippen LogP contribution is -2.35. The van der Waals surface area contributed by atoms with Crippen LogP contribution in [0.15, 0.2) is 42.5 Å². The van der Waals surface area contributed by atoms with Crippen molar-refractivity contribution in [2.45, 2.75) is 20.4 Å². The third-order valence-electron chi connectivity index (χ3n) is 3.42. The minimum Gasteiger partial charge on any atom is -0.344 e. The molecule has 0 heterocycles. The van der Waals surface area contributed by atoms with Crippen molar-refractivity contribution in [1.29, 1.82) is 0 Å². The van der Waals surface area contributed by atoms with Crippen molar-refractivity contribution >= 4 is 29.1 Å². The molecule has 2 rings (SSSR count). The number of nitrogens with one attached hydrogen (secondary N) is 2. The number of hydrogen-bond acceptors (Lipinski definition) is 2. The van der Waals surface area contributed by atoms with E-state index < -0.39 is 11.8 Å². The minimum atomic E-state index is -0.709. The fourth-order valence-electron chi connectivity index (χ4n) is 1.99. The number of benzene rings is 2. The van der Waals surface area contributed by atoms with Crippen LogP contribution in [-0.4, -0.2) is 11.8 Å². The SMILES string of the molecule is Cc1ccccc1CNC(=O)C(=O)Nc1cccc(Cl)c1C. The predicted octanol–water partition coefficient (Wildman–Crippen LogP) is 3.21. The molecule has 2 aromatic carbocycles. The van der Waals surface area contributed by atoms with Gasteiger partial charge in [0.05, 0.1) is 0 Å². The Hall–Kier alpha value is -2.33.